The molecule has 0 aliphatic heterocycles. The molecule has 0 atom stereocenters. The highest BCUT2D eigenvalue weighted by atomic mass is 32.1. The number of guanidine groups is 1. The molecule has 0 radical (unpaired) electrons. The summed E-state index contributed by atoms with van der Waals surface area (Å²) in [5.41, 5.74) is 3.23. The fourth-order valence-corrected chi connectivity index (χ4v) is 4.00. The highest BCUT2D eigenvalue weighted by Gasteiger charge is 2.06. The predicted octanol–water partition coefficient (Wildman–Crippen LogP) is 3.20. The molecule has 0 fully saturated rings. The third-order valence-electron chi connectivity index (χ3n) is 4.58. The lowest BCUT2D eigenvalue weighted by Crippen LogP contribution is -2.38. The van der Waals surface area contributed by atoms with Crippen LogP contribution in [0.3, 0.4) is 0 Å². The van der Waals surface area contributed by atoms with Crippen molar-refractivity contribution in [3.8, 4) is 0 Å². The van der Waals surface area contributed by atoms with Crippen molar-refractivity contribution >= 4 is 33.3 Å². The molecule has 3 heterocycles. The Morgan fingerprint density at radius 1 is 1.21 bits per heavy atom. The average Bonchev–Trinajstić information content (AvgIpc) is 3.36. The van der Waals surface area contributed by atoms with Gasteiger partial charge in [-0.2, -0.15) is 0 Å². The van der Waals surface area contributed by atoms with Crippen LogP contribution in [0, 0.1) is 6.92 Å². The maximum absolute atomic E-state index is 4.66. The van der Waals surface area contributed by atoms with Gasteiger partial charge in [-0.05, 0) is 32.4 Å². The van der Waals surface area contributed by atoms with Crippen LogP contribution in [0.15, 0.2) is 47.0 Å². The van der Waals surface area contributed by atoms with Gasteiger partial charge < -0.3 is 15.2 Å². The Kier molecular flexibility index (Phi) is 5.57. The number of nitrogens with zero attached hydrogens (tertiary/aromatic N) is 5. The zero-order chi connectivity index (χ0) is 19.3. The van der Waals surface area contributed by atoms with Gasteiger partial charge in [0.25, 0.3) is 0 Å². The molecule has 0 unspecified atom stereocenters. The number of thiazole rings is 1. The number of imidazole rings is 2. The molecule has 0 aliphatic carbocycles. The molecule has 7 nitrogen and oxygen atoms in total. The average molecular weight is 396 g/mol. The van der Waals surface area contributed by atoms with E-state index in [0.717, 1.165) is 54.0 Å². The maximum Gasteiger partial charge on any atom is 0.193 e. The highest BCUT2D eigenvalue weighted by Crippen LogP contribution is 2.15. The summed E-state index contributed by atoms with van der Waals surface area (Å²) >= 11 is 1.63. The third-order valence-corrected chi connectivity index (χ3v) is 5.35. The lowest BCUT2D eigenvalue weighted by atomic mass is 10.3. The van der Waals surface area contributed by atoms with Crippen LogP contribution >= 0.6 is 11.3 Å². The lowest BCUT2D eigenvalue weighted by molar-refractivity contribution is 0.624. The van der Waals surface area contributed by atoms with Gasteiger partial charge in [-0.3, -0.25) is 4.40 Å². The Morgan fingerprint density at radius 2 is 2.11 bits per heavy atom. The SMILES string of the molecule is CCNC(=NCc1cn2ccsc2n1)NCCCn1c(C)nc2ccccc21. The number of aliphatic imine (C=N–C) groups is 1. The van der Waals surface area contributed by atoms with E-state index in [1.54, 1.807) is 11.3 Å². The normalized spacial score (nSPS) is 12.1. The van der Waals surface area contributed by atoms with Gasteiger partial charge in [-0.1, -0.05) is 12.1 Å². The van der Waals surface area contributed by atoms with Crippen molar-refractivity contribution in [3.05, 3.63) is 53.6 Å². The number of rotatable bonds is 7. The van der Waals surface area contributed by atoms with E-state index in [9.17, 15) is 0 Å². The van der Waals surface area contributed by atoms with Gasteiger partial charge in [0.1, 0.15) is 5.82 Å². The second-order valence-corrected chi connectivity index (χ2v) is 7.47. The van der Waals surface area contributed by atoms with Gasteiger partial charge >= 0.3 is 0 Å². The molecule has 0 amide bonds. The summed E-state index contributed by atoms with van der Waals surface area (Å²) in [6.07, 6.45) is 5.04. The smallest absolute Gasteiger partial charge is 0.193 e. The fraction of sp³-hybridized carbons (Fsp3) is 0.350. The maximum atomic E-state index is 4.66. The number of aryl methyl sites for hydroxylation is 2. The molecule has 0 aliphatic rings. The monoisotopic (exact) mass is 395 g/mol. The van der Waals surface area contributed by atoms with Gasteiger partial charge in [-0.25, -0.2) is 15.0 Å². The molecule has 28 heavy (non-hydrogen) atoms. The molecule has 0 saturated carbocycles. The first kappa shape index (κ1) is 18.5. The molecule has 4 rings (SSSR count). The topological polar surface area (TPSA) is 71.5 Å². The fourth-order valence-electron chi connectivity index (χ4n) is 3.28. The molecule has 8 heteroatoms. The van der Waals surface area contributed by atoms with E-state index in [0.29, 0.717) is 6.54 Å². The van der Waals surface area contributed by atoms with Crippen LogP contribution in [0.5, 0.6) is 0 Å². The van der Waals surface area contributed by atoms with Crippen LogP contribution in [0.4, 0.5) is 0 Å². The number of nitrogens with one attached hydrogen (secondary N) is 2. The van der Waals surface area contributed by atoms with Gasteiger partial charge in [0, 0.05) is 37.4 Å². The summed E-state index contributed by atoms with van der Waals surface area (Å²) in [6, 6.07) is 8.29. The van der Waals surface area contributed by atoms with Crippen LogP contribution in [0.25, 0.3) is 16.0 Å². The number of benzene rings is 1. The Bertz CT molecular complexity index is 1060. The minimum atomic E-state index is 0.564. The largest absolute Gasteiger partial charge is 0.357 e. The minimum absolute atomic E-state index is 0.564. The van der Waals surface area contributed by atoms with Crippen LogP contribution < -0.4 is 10.6 Å². The second-order valence-electron chi connectivity index (χ2n) is 6.60. The molecular formula is C20H25N7S. The van der Waals surface area contributed by atoms with Crippen LogP contribution in [-0.4, -0.2) is 38.0 Å². The number of hydrogen-bond acceptors (Lipinski definition) is 4. The Balaban J connectivity index is 1.33. The molecule has 0 saturated heterocycles. The summed E-state index contributed by atoms with van der Waals surface area (Å²) in [5.74, 6) is 1.88. The minimum Gasteiger partial charge on any atom is -0.357 e. The number of aromatic nitrogens is 4. The molecule has 2 N–H and O–H groups in total. The summed E-state index contributed by atoms with van der Waals surface area (Å²) in [4.78, 5) is 14.9. The van der Waals surface area contributed by atoms with E-state index < -0.39 is 0 Å². The molecule has 0 bridgehead atoms. The number of fused-ring (bicyclic) bond motifs is 2. The van der Waals surface area contributed by atoms with Gasteiger partial charge in [-0.15, -0.1) is 11.3 Å². The Morgan fingerprint density at radius 3 is 2.96 bits per heavy atom. The Hall–Kier alpha value is -2.87. The van der Waals surface area contributed by atoms with Gasteiger partial charge in [0.05, 0.1) is 23.3 Å². The van der Waals surface area contributed by atoms with Crippen molar-refractivity contribution < 1.29 is 0 Å². The van der Waals surface area contributed by atoms with E-state index in [1.165, 1.54) is 5.52 Å². The molecule has 0 spiro atoms. The standard InChI is InChI=1S/C20H25N7S/c1-3-21-19(23-13-16-14-26-11-12-28-20(26)25-16)22-9-6-10-27-15(2)24-17-7-4-5-8-18(17)27/h4-5,7-8,11-12,14H,3,6,9-10,13H2,1-2H3,(H2,21,22,23). The quantitative estimate of drug-likeness (QED) is 0.286. The molecule has 1 aromatic carbocycles. The van der Waals surface area contributed by atoms with E-state index >= 15 is 0 Å². The summed E-state index contributed by atoms with van der Waals surface area (Å²) in [5, 5.41) is 8.76. The van der Waals surface area contributed by atoms with Crippen LogP contribution in [0.1, 0.15) is 24.9 Å². The number of para-hydroxylation sites is 2. The van der Waals surface area contributed by atoms with Crippen molar-refractivity contribution in [2.75, 3.05) is 13.1 Å². The first-order valence-electron chi connectivity index (χ1n) is 9.59. The van der Waals surface area contributed by atoms with E-state index in [4.69, 9.17) is 0 Å². The first-order valence-corrected chi connectivity index (χ1v) is 10.5. The molecule has 146 valence electrons. The van der Waals surface area contributed by atoms with Crippen molar-refractivity contribution in [3.63, 3.8) is 0 Å². The van der Waals surface area contributed by atoms with E-state index in [-0.39, 0.29) is 0 Å². The zero-order valence-electron chi connectivity index (χ0n) is 16.2. The van der Waals surface area contributed by atoms with E-state index in [2.05, 4.69) is 62.2 Å². The lowest BCUT2D eigenvalue weighted by Gasteiger charge is -2.12. The summed E-state index contributed by atoms with van der Waals surface area (Å²) in [7, 11) is 0. The predicted molar refractivity (Wildman–Crippen MR) is 115 cm³/mol. The van der Waals surface area contributed by atoms with Crippen LogP contribution in [0.2, 0.25) is 0 Å². The van der Waals surface area contributed by atoms with Gasteiger partial charge in [0.2, 0.25) is 0 Å². The summed E-state index contributed by atoms with van der Waals surface area (Å²) in [6.45, 7) is 7.30. The van der Waals surface area contributed by atoms with Crippen molar-refractivity contribution in [1.82, 2.24) is 29.6 Å². The first-order chi connectivity index (χ1) is 13.7. The van der Waals surface area contributed by atoms with E-state index in [1.807, 2.05) is 28.2 Å². The highest BCUT2D eigenvalue weighted by molar-refractivity contribution is 7.15. The number of hydrogen-bond donors (Lipinski definition) is 2. The summed E-state index contributed by atoms with van der Waals surface area (Å²) < 4.78 is 4.31. The zero-order valence-corrected chi connectivity index (χ0v) is 17.0. The van der Waals surface area contributed by atoms with Crippen molar-refractivity contribution in [1.29, 1.82) is 0 Å². The van der Waals surface area contributed by atoms with Crippen LogP contribution in [-0.2, 0) is 13.1 Å². The van der Waals surface area contributed by atoms with Crippen molar-refractivity contribution in [2.24, 2.45) is 4.99 Å². The van der Waals surface area contributed by atoms with Crippen molar-refractivity contribution in [2.45, 2.75) is 33.4 Å². The molecule has 3 aromatic heterocycles. The van der Waals surface area contributed by atoms with Gasteiger partial charge in [0.15, 0.2) is 10.9 Å². The second kappa shape index (κ2) is 8.43. The molecule has 4 aromatic rings. The Labute approximate surface area is 168 Å². The molecular weight excluding hydrogens is 370 g/mol. The third kappa shape index (κ3) is 4.01.